The van der Waals surface area contributed by atoms with Crippen LogP contribution in [-0.2, 0) is 10.0 Å². The predicted molar refractivity (Wildman–Crippen MR) is 110 cm³/mol. The largest absolute Gasteiger partial charge is 0.321 e. The molecule has 0 spiro atoms. The van der Waals surface area contributed by atoms with Gasteiger partial charge in [0, 0.05) is 18.7 Å². The number of nitrogens with zero attached hydrogens (tertiary/aromatic N) is 1. The maximum absolute atomic E-state index is 12.7. The number of Topliss-reactive ketones (excluding diaryl/α,β-unsaturated/α-hetero) is 1. The highest BCUT2D eigenvalue weighted by atomic mass is 32.2. The van der Waals surface area contributed by atoms with Gasteiger partial charge in [0.2, 0.25) is 0 Å². The van der Waals surface area contributed by atoms with Crippen LogP contribution in [0, 0.1) is 0 Å². The number of aliphatic imine (C=N–C) groups is 1. The van der Waals surface area contributed by atoms with E-state index in [2.05, 4.69) is 15.0 Å². The summed E-state index contributed by atoms with van der Waals surface area (Å²) in [6.07, 6.45) is 3.50. The van der Waals surface area contributed by atoms with E-state index >= 15 is 0 Å². The summed E-state index contributed by atoms with van der Waals surface area (Å²) in [5, 5.41) is 2.67. The Hall–Kier alpha value is -2.52. The number of anilines is 1. The van der Waals surface area contributed by atoms with E-state index in [1.807, 2.05) is 0 Å². The quantitative estimate of drug-likeness (QED) is 0.724. The molecule has 1 aromatic heterocycles. The first-order valence-corrected chi connectivity index (χ1v) is 11.2. The Morgan fingerprint density at radius 1 is 1.07 bits per heavy atom. The topological polar surface area (TPSA) is 105 Å². The molecule has 7 nitrogen and oxygen atoms in total. The van der Waals surface area contributed by atoms with Gasteiger partial charge in [0.05, 0.1) is 14.6 Å². The van der Waals surface area contributed by atoms with E-state index in [0.29, 0.717) is 34.2 Å². The van der Waals surface area contributed by atoms with E-state index in [0.717, 1.165) is 30.6 Å². The number of rotatable bonds is 5. The average molecular weight is 420 g/mol. The molecule has 1 aromatic carbocycles. The number of hydrogen-bond donors (Lipinski definition) is 2. The summed E-state index contributed by atoms with van der Waals surface area (Å²) in [6.45, 7) is 2.06. The fourth-order valence-corrected chi connectivity index (χ4v) is 4.69. The molecular formula is C19H21N3O4S2. The summed E-state index contributed by atoms with van der Waals surface area (Å²) in [6, 6.07) is 9.21. The van der Waals surface area contributed by atoms with E-state index in [1.54, 1.807) is 24.3 Å². The van der Waals surface area contributed by atoms with Gasteiger partial charge in [-0.1, -0.05) is 12.5 Å². The van der Waals surface area contributed by atoms with Crippen molar-refractivity contribution in [2.24, 2.45) is 4.99 Å². The highest BCUT2D eigenvalue weighted by molar-refractivity contribution is 7.90. The van der Waals surface area contributed by atoms with Gasteiger partial charge in [-0.05, 0) is 50.1 Å². The molecule has 2 N–H and O–H groups in total. The van der Waals surface area contributed by atoms with Gasteiger partial charge in [-0.25, -0.2) is 8.42 Å². The van der Waals surface area contributed by atoms with E-state index in [-0.39, 0.29) is 10.7 Å². The van der Waals surface area contributed by atoms with Crippen molar-refractivity contribution >= 4 is 44.6 Å². The maximum atomic E-state index is 12.7. The van der Waals surface area contributed by atoms with Crippen molar-refractivity contribution in [3.05, 3.63) is 46.2 Å². The van der Waals surface area contributed by atoms with Crippen molar-refractivity contribution in [2.75, 3.05) is 11.9 Å². The minimum absolute atomic E-state index is 0.0489. The summed E-state index contributed by atoms with van der Waals surface area (Å²) in [5.74, 6) is -0.0277. The Balaban J connectivity index is 1.74. The van der Waals surface area contributed by atoms with Crippen molar-refractivity contribution in [1.29, 1.82) is 0 Å². The number of benzene rings is 1. The third-order valence-corrected chi connectivity index (χ3v) is 6.77. The molecule has 1 aliphatic heterocycles. The molecule has 9 heteroatoms. The molecule has 2 heterocycles. The van der Waals surface area contributed by atoms with Gasteiger partial charge in [0.25, 0.3) is 15.9 Å². The SMILES string of the molecule is CC(=O)c1ccc(C(=O)Nc2cccc(S(=O)(=O)NC3=NCCCCC3)c2)s1. The van der Waals surface area contributed by atoms with Gasteiger partial charge in [-0.15, -0.1) is 11.3 Å². The molecule has 3 rings (SSSR count). The number of nitrogens with one attached hydrogen (secondary N) is 2. The average Bonchev–Trinajstić information content (AvgIpc) is 3.02. The first kappa shape index (κ1) is 20.2. The minimum Gasteiger partial charge on any atom is -0.321 e. The molecule has 0 bridgehead atoms. The normalized spacial score (nSPS) is 14.7. The van der Waals surface area contributed by atoms with Gasteiger partial charge in [-0.3, -0.25) is 19.3 Å². The van der Waals surface area contributed by atoms with Crippen LogP contribution in [0.1, 0.15) is 52.0 Å². The summed E-state index contributed by atoms with van der Waals surface area (Å²) in [4.78, 5) is 29.0. The predicted octanol–water partition coefficient (Wildman–Crippen LogP) is 3.45. The number of hydrogen-bond acceptors (Lipinski definition) is 6. The summed E-state index contributed by atoms with van der Waals surface area (Å²) in [5.41, 5.74) is 0.355. The molecule has 148 valence electrons. The lowest BCUT2D eigenvalue weighted by molar-refractivity contribution is 0.101. The molecule has 0 saturated carbocycles. The second kappa shape index (κ2) is 8.66. The van der Waals surface area contributed by atoms with Gasteiger partial charge < -0.3 is 5.32 Å². The number of carbonyl (C=O) groups is 2. The number of ketones is 1. The highest BCUT2D eigenvalue weighted by Gasteiger charge is 2.18. The van der Waals surface area contributed by atoms with E-state index in [1.165, 1.54) is 19.1 Å². The number of thiophene rings is 1. The fraction of sp³-hybridized carbons (Fsp3) is 0.316. The lowest BCUT2D eigenvalue weighted by atomic mass is 10.2. The zero-order valence-electron chi connectivity index (χ0n) is 15.4. The Labute approximate surface area is 167 Å². The van der Waals surface area contributed by atoms with Crippen molar-refractivity contribution in [3.63, 3.8) is 0 Å². The Bertz CT molecular complexity index is 1030. The molecular weight excluding hydrogens is 398 g/mol. The van der Waals surface area contributed by atoms with Crippen LogP contribution < -0.4 is 10.0 Å². The molecule has 0 saturated heterocycles. The summed E-state index contributed by atoms with van der Waals surface area (Å²) < 4.78 is 27.9. The highest BCUT2D eigenvalue weighted by Crippen LogP contribution is 2.21. The zero-order chi connectivity index (χ0) is 20.1. The van der Waals surface area contributed by atoms with Crippen molar-refractivity contribution in [3.8, 4) is 0 Å². The van der Waals surface area contributed by atoms with Crippen LogP contribution in [0.5, 0.6) is 0 Å². The van der Waals surface area contributed by atoms with Crippen LogP contribution in [-0.4, -0.2) is 32.5 Å². The molecule has 0 atom stereocenters. The van der Waals surface area contributed by atoms with Gasteiger partial charge in [0.15, 0.2) is 5.78 Å². The van der Waals surface area contributed by atoms with Crippen LogP contribution in [0.25, 0.3) is 0 Å². The monoisotopic (exact) mass is 419 g/mol. The van der Waals surface area contributed by atoms with Gasteiger partial charge in [0.1, 0.15) is 5.84 Å². The lowest BCUT2D eigenvalue weighted by Gasteiger charge is -2.11. The first-order valence-electron chi connectivity index (χ1n) is 8.93. The Kier molecular flexibility index (Phi) is 6.25. The minimum atomic E-state index is -3.78. The molecule has 0 unspecified atom stereocenters. The maximum Gasteiger partial charge on any atom is 0.265 e. The first-order chi connectivity index (χ1) is 13.3. The number of amides is 1. The smallest absolute Gasteiger partial charge is 0.265 e. The van der Waals surface area contributed by atoms with Crippen LogP contribution in [0.3, 0.4) is 0 Å². The van der Waals surface area contributed by atoms with Crippen LogP contribution in [0.2, 0.25) is 0 Å². The summed E-state index contributed by atoms with van der Waals surface area (Å²) in [7, 11) is -3.78. The van der Waals surface area contributed by atoms with Crippen LogP contribution in [0.15, 0.2) is 46.3 Å². The molecule has 1 aliphatic rings. The zero-order valence-corrected chi connectivity index (χ0v) is 17.0. The second-order valence-corrected chi connectivity index (χ2v) is 9.21. The van der Waals surface area contributed by atoms with Crippen molar-refractivity contribution < 1.29 is 18.0 Å². The van der Waals surface area contributed by atoms with E-state index in [9.17, 15) is 18.0 Å². The van der Waals surface area contributed by atoms with E-state index in [4.69, 9.17) is 0 Å². The Morgan fingerprint density at radius 3 is 2.61 bits per heavy atom. The lowest BCUT2D eigenvalue weighted by Crippen LogP contribution is -2.30. The molecule has 0 aliphatic carbocycles. The number of carbonyl (C=O) groups excluding carboxylic acids is 2. The van der Waals surface area contributed by atoms with Gasteiger partial charge in [-0.2, -0.15) is 0 Å². The number of amidine groups is 1. The molecule has 0 radical (unpaired) electrons. The standard InChI is InChI=1S/C19H21N3O4S2/c1-13(23)16-9-10-17(27-16)19(24)21-14-6-5-7-15(12-14)28(25,26)22-18-8-3-2-4-11-20-18/h5-7,9-10,12H,2-4,8,11H2,1H3,(H,20,22)(H,21,24). The third-order valence-electron chi connectivity index (χ3n) is 4.21. The molecule has 0 fully saturated rings. The van der Waals surface area contributed by atoms with E-state index < -0.39 is 15.9 Å². The van der Waals surface area contributed by atoms with Crippen LogP contribution in [0.4, 0.5) is 5.69 Å². The second-order valence-electron chi connectivity index (χ2n) is 6.45. The third kappa shape index (κ3) is 5.05. The fourth-order valence-electron chi connectivity index (χ4n) is 2.75. The molecule has 1 amide bonds. The molecule has 2 aromatic rings. The van der Waals surface area contributed by atoms with Gasteiger partial charge >= 0.3 is 0 Å². The summed E-state index contributed by atoms with van der Waals surface area (Å²) >= 11 is 1.10. The Morgan fingerprint density at radius 2 is 1.86 bits per heavy atom. The van der Waals surface area contributed by atoms with Crippen molar-refractivity contribution in [1.82, 2.24) is 4.72 Å². The van der Waals surface area contributed by atoms with Crippen molar-refractivity contribution in [2.45, 2.75) is 37.5 Å². The molecule has 28 heavy (non-hydrogen) atoms. The van der Waals surface area contributed by atoms with Crippen LogP contribution >= 0.6 is 11.3 Å². The number of sulfonamides is 1.